The summed E-state index contributed by atoms with van der Waals surface area (Å²) in [5.41, 5.74) is 4.32. The smallest absolute Gasteiger partial charge is 0.0641 e. The van der Waals surface area contributed by atoms with E-state index in [2.05, 4.69) is 42.7 Å². The molecule has 4 heteroatoms. The van der Waals surface area contributed by atoms with Crippen LogP contribution in [0.2, 0.25) is 0 Å². The Bertz CT molecular complexity index is 377. The average molecular weight is 278 g/mol. The molecule has 1 saturated heterocycles. The van der Waals surface area contributed by atoms with Crippen molar-refractivity contribution in [3.05, 3.63) is 35.9 Å². The Morgan fingerprint density at radius 1 is 1.30 bits per heavy atom. The Morgan fingerprint density at radius 3 is 2.60 bits per heavy atom. The molecule has 1 heterocycles. The minimum atomic E-state index is 0.00199. The van der Waals surface area contributed by atoms with Crippen LogP contribution >= 0.6 is 0 Å². The average Bonchev–Trinajstić information content (AvgIpc) is 2.53. The summed E-state index contributed by atoms with van der Waals surface area (Å²) in [6, 6.07) is 10.7. The zero-order valence-corrected chi connectivity index (χ0v) is 12.3. The molecule has 1 aliphatic rings. The molecule has 0 radical (unpaired) electrons. The van der Waals surface area contributed by atoms with Crippen LogP contribution in [0.1, 0.15) is 31.7 Å². The summed E-state index contributed by atoms with van der Waals surface area (Å²) in [5.74, 6) is 5.84. The predicted octanol–water partition coefficient (Wildman–Crippen LogP) is 1.99. The Hall–Kier alpha value is -0.940. The van der Waals surface area contributed by atoms with Crippen LogP contribution in [0.4, 0.5) is 0 Å². The van der Waals surface area contributed by atoms with Crippen molar-refractivity contribution in [1.82, 2.24) is 5.43 Å². The van der Waals surface area contributed by atoms with Crippen molar-refractivity contribution >= 4 is 0 Å². The van der Waals surface area contributed by atoms with Gasteiger partial charge in [0, 0.05) is 25.2 Å². The van der Waals surface area contributed by atoms with Crippen molar-refractivity contribution in [2.75, 3.05) is 26.4 Å². The van der Waals surface area contributed by atoms with Gasteiger partial charge in [-0.3, -0.25) is 11.3 Å². The summed E-state index contributed by atoms with van der Waals surface area (Å²) in [7, 11) is 0. The van der Waals surface area contributed by atoms with E-state index in [4.69, 9.17) is 15.3 Å². The maximum atomic E-state index is 5.84. The van der Waals surface area contributed by atoms with E-state index in [-0.39, 0.29) is 11.5 Å². The molecular formula is C16H26N2O2. The van der Waals surface area contributed by atoms with Gasteiger partial charge in [0.25, 0.3) is 0 Å². The molecule has 1 aromatic rings. The highest BCUT2D eigenvalue weighted by Gasteiger charge is 2.41. The van der Waals surface area contributed by atoms with Gasteiger partial charge in [-0.1, -0.05) is 37.3 Å². The number of hydrogen-bond acceptors (Lipinski definition) is 4. The topological polar surface area (TPSA) is 56.5 Å². The number of nitrogens with two attached hydrogens (primary N) is 1. The van der Waals surface area contributed by atoms with Crippen LogP contribution in [0.5, 0.6) is 0 Å². The molecule has 3 N–H and O–H groups in total. The zero-order chi connectivity index (χ0) is 14.3. The Labute approximate surface area is 121 Å². The first-order valence-electron chi connectivity index (χ1n) is 7.50. The molecule has 0 aliphatic carbocycles. The first-order chi connectivity index (χ1) is 9.83. The molecule has 1 aliphatic heterocycles. The van der Waals surface area contributed by atoms with Gasteiger partial charge in [-0.15, -0.1) is 0 Å². The molecular weight excluding hydrogens is 252 g/mol. The van der Waals surface area contributed by atoms with Crippen LogP contribution in [0, 0.1) is 0 Å². The maximum Gasteiger partial charge on any atom is 0.0641 e. The molecule has 0 aromatic heterocycles. The molecule has 2 rings (SSSR count). The van der Waals surface area contributed by atoms with Crippen molar-refractivity contribution in [2.24, 2.45) is 5.84 Å². The third kappa shape index (κ3) is 3.38. The molecule has 1 aromatic carbocycles. The summed E-state index contributed by atoms with van der Waals surface area (Å²) in [4.78, 5) is 0. The van der Waals surface area contributed by atoms with E-state index in [1.165, 1.54) is 5.56 Å². The van der Waals surface area contributed by atoms with Crippen LogP contribution < -0.4 is 11.3 Å². The Kier molecular flexibility index (Phi) is 5.98. The molecule has 0 amide bonds. The fraction of sp³-hybridized carbons (Fsp3) is 0.625. The summed E-state index contributed by atoms with van der Waals surface area (Å²) in [5, 5.41) is 0. The summed E-state index contributed by atoms with van der Waals surface area (Å²) in [6.45, 7) is 5.09. The second-order valence-corrected chi connectivity index (χ2v) is 5.43. The second kappa shape index (κ2) is 7.74. The van der Waals surface area contributed by atoms with Crippen LogP contribution in [-0.2, 0) is 14.9 Å². The van der Waals surface area contributed by atoms with Crippen molar-refractivity contribution < 1.29 is 9.47 Å². The second-order valence-electron chi connectivity index (χ2n) is 5.43. The van der Waals surface area contributed by atoms with Gasteiger partial charge in [-0.25, -0.2) is 0 Å². The first kappa shape index (κ1) is 15.4. The lowest BCUT2D eigenvalue weighted by molar-refractivity contribution is 0.00985. The summed E-state index contributed by atoms with van der Waals surface area (Å²) >= 11 is 0. The van der Waals surface area contributed by atoms with Crippen molar-refractivity contribution in [3.63, 3.8) is 0 Å². The molecule has 1 fully saturated rings. The number of ether oxygens (including phenoxy) is 2. The first-order valence-corrected chi connectivity index (χ1v) is 7.50. The number of hydrazine groups is 1. The number of rotatable bonds is 7. The molecule has 4 nitrogen and oxygen atoms in total. The van der Waals surface area contributed by atoms with Crippen LogP contribution in [0.25, 0.3) is 0 Å². The standard InChI is InChI=1S/C16H26N2O2/c1-2-10-20-13-15(18-17)16(8-11-19-12-9-16)14-6-4-3-5-7-14/h3-7,15,18H,2,8-13,17H2,1H3. The van der Waals surface area contributed by atoms with Crippen molar-refractivity contribution in [1.29, 1.82) is 0 Å². The largest absolute Gasteiger partial charge is 0.381 e. The van der Waals surface area contributed by atoms with Gasteiger partial charge < -0.3 is 9.47 Å². The van der Waals surface area contributed by atoms with E-state index in [0.717, 1.165) is 39.1 Å². The van der Waals surface area contributed by atoms with Gasteiger partial charge >= 0.3 is 0 Å². The van der Waals surface area contributed by atoms with E-state index in [1.54, 1.807) is 0 Å². The van der Waals surface area contributed by atoms with Gasteiger partial charge in [-0.05, 0) is 24.8 Å². The molecule has 20 heavy (non-hydrogen) atoms. The lowest BCUT2D eigenvalue weighted by atomic mass is 9.69. The molecule has 0 bridgehead atoms. The minimum Gasteiger partial charge on any atom is -0.381 e. The third-order valence-corrected chi connectivity index (χ3v) is 4.23. The van der Waals surface area contributed by atoms with Gasteiger partial charge in [0.15, 0.2) is 0 Å². The number of benzene rings is 1. The molecule has 1 atom stereocenters. The highest BCUT2D eigenvalue weighted by molar-refractivity contribution is 5.28. The summed E-state index contributed by atoms with van der Waals surface area (Å²) in [6.07, 6.45) is 2.97. The number of nitrogens with one attached hydrogen (secondary N) is 1. The monoisotopic (exact) mass is 278 g/mol. The van der Waals surface area contributed by atoms with Gasteiger partial charge in [-0.2, -0.15) is 0 Å². The lowest BCUT2D eigenvalue weighted by Gasteiger charge is -2.43. The SMILES string of the molecule is CCCOCC(NN)C1(c2ccccc2)CCOCC1. The fourth-order valence-corrected chi connectivity index (χ4v) is 3.06. The summed E-state index contributed by atoms with van der Waals surface area (Å²) < 4.78 is 11.3. The number of hydrogen-bond donors (Lipinski definition) is 2. The van der Waals surface area contributed by atoms with Gasteiger partial charge in [0.05, 0.1) is 12.6 Å². The fourth-order valence-electron chi connectivity index (χ4n) is 3.06. The van der Waals surface area contributed by atoms with Crippen LogP contribution in [-0.4, -0.2) is 32.5 Å². The van der Waals surface area contributed by atoms with E-state index in [1.807, 2.05) is 0 Å². The van der Waals surface area contributed by atoms with Gasteiger partial charge in [0.2, 0.25) is 0 Å². The molecule has 0 saturated carbocycles. The zero-order valence-electron chi connectivity index (χ0n) is 12.3. The highest BCUT2D eigenvalue weighted by atomic mass is 16.5. The van der Waals surface area contributed by atoms with E-state index in [9.17, 15) is 0 Å². The molecule has 1 unspecified atom stereocenters. The van der Waals surface area contributed by atoms with E-state index < -0.39 is 0 Å². The van der Waals surface area contributed by atoms with E-state index in [0.29, 0.717) is 6.61 Å². The Balaban J connectivity index is 2.21. The van der Waals surface area contributed by atoms with Crippen LogP contribution in [0.15, 0.2) is 30.3 Å². The molecule has 112 valence electrons. The van der Waals surface area contributed by atoms with Gasteiger partial charge in [0.1, 0.15) is 0 Å². The van der Waals surface area contributed by atoms with Crippen LogP contribution in [0.3, 0.4) is 0 Å². The maximum absolute atomic E-state index is 5.84. The lowest BCUT2D eigenvalue weighted by Crippen LogP contribution is -2.56. The van der Waals surface area contributed by atoms with Crippen molar-refractivity contribution in [3.8, 4) is 0 Å². The molecule has 0 spiro atoms. The third-order valence-electron chi connectivity index (χ3n) is 4.23. The highest BCUT2D eigenvalue weighted by Crippen LogP contribution is 2.38. The normalized spacial score (nSPS) is 19.7. The van der Waals surface area contributed by atoms with E-state index >= 15 is 0 Å². The Morgan fingerprint density at radius 2 is 2.00 bits per heavy atom. The quantitative estimate of drug-likeness (QED) is 0.455. The predicted molar refractivity (Wildman–Crippen MR) is 80.4 cm³/mol. The minimum absolute atomic E-state index is 0.00199. The van der Waals surface area contributed by atoms with Crippen molar-refractivity contribution in [2.45, 2.75) is 37.6 Å².